The van der Waals surface area contributed by atoms with Crippen LogP contribution in [0.4, 0.5) is 0 Å². The van der Waals surface area contributed by atoms with Crippen LogP contribution in [-0.4, -0.2) is 27.5 Å². The minimum atomic E-state index is -0.741. The molecule has 0 amide bonds. The van der Waals surface area contributed by atoms with Gasteiger partial charge in [0.2, 0.25) is 0 Å². The Morgan fingerprint density at radius 3 is 1.30 bits per heavy atom. The van der Waals surface area contributed by atoms with Gasteiger partial charge in [0.1, 0.15) is 0 Å². The third-order valence-electron chi connectivity index (χ3n) is 0.494. The van der Waals surface area contributed by atoms with E-state index in [9.17, 15) is 4.79 Å². The largest absolute Gasteiger partial charge is 3.00 e. The molecule has 0 rings (SSSR count). The van der Waals surface area contributed by atoms with Gasteiger partial charge in [-0.25, -0.2) is 0 Å². The van der Waals surface area contributed by atoms with Crippen LogP contribution in [0.1, 0.15) is 13.8 Å². The van der Waals surface area contributed by atoms with Gasteiger partial charge in [-0.1, -0.05) is 13.8 Å². The summed E-state index contributed by atoms with van der Waals surface area (Å²) in [6, 6.07) is 0. The van der Waals surface area contributed by atoms with Gasteiger partial charge in [-0.15, -0.1) is 0 Å². The van der Waals surface area contributed by atoms with E-state index in [2.05, 4.69) is 0 Å². The third kappa shape index (κ3) is 24.3. The third-order valence-corrected chi connectivity index (χ3v) is 0.494. The van der Waals surface area contributed by atoms with Crippen molar-refractivity contribution in [1.82, 2.24) is 0 Å². The minimum Gasteiger partial charge on any atom is -0.870 e. The molecule has 0 spiro atoms. The van der Waals surface area contributed by atoms with Crippen LogP contribution in [0.15, 0.2) is 0 Å². The average Bonchev–Trinajstić information content (AvgIpc) is 1.36. The van der Waals surface area contributed by atoms with E-state index in [0.29, 0.717) is 0 Å². The zero-order chi connectivity index (χ0) is 5.15. The van der Waals surface area contributed by atoms with E-state index >= 15 is 0 Å². The Labute approximate surface area is 74.9 Å². The molecule has 0 saturated carbocycles. The molecule has 68 valence electrons. The molecule has 4 N–H and O–H groups in total. The number of hydrogen-bond donors (Lipinski definition) is 1. The summed E-state index contributed by atoms with van der Waals surface area (Å²) in [5, 5.41) is 7.99. The Morgan fingerprint density at radius 1 is 1.20 bits per heavy atom. The predicted molar refractivity (Wildman–Crippen MR) is 28.3 cm³/mol. The number of carboxylic acid groups (broad SMARTS) is 1. The molecule has 0 bridgehead atoms. The van der Waals surface area contributed by atoms with Crippen molar-refractivity contribution < 1.29 is 48.7 Å². The summed E-state index contributed by atoms with van der Waals surface area (Å²) < 4.78 is 0. The van der Waals surface area contributed by atoms with E-state index < -0.39 is 5.97 Å². The molecule has 6 heteroatoms. The van der Waals surface area contributed by atoms with Gasteiger partial charge in [0.05, 0.1) is 5.92 Å². The van der Waals surface area contributed by atoms with Crippen molar-refractivity contribution in [3.8, 4) is 0 Å². The Balaban J connectivity index is -0.0000000208. The topological polar surface area (TPSA) is 127 Å². The van der Waals surface area contributed by atoms with Crippen molar-refractivity contribution in [2.75, 3.05) is 0 Å². The standard InChI is InChI=1S/C4H8O2.Au.3H2O/c1-3(2)4(5)6;;;;/h3H,1-2H3,(H,5,6);;3*1H2/q;+3;;;/p-3. The summed E-state index contributed by atoms with van der Waals surface area (Å²) in [7, 11) is 0. The zero-order valence-corrected chi connectivity index (χ0v) is 7.74. The molecule has 0 aromatic heterocycles. The van der Waals surface area contributed by atoms with Gasteiger partial charge in [-0.3, -0.25) is 4.79 Å². The second-order valence-electron chi connectivity index (χ2n) is 1.49. The van der Waals surface area contributed by atoms with Crippen LogP contribution in [0.2, 0.25) is 0 Å². The van der Waals surface area contributed by atoms with Gasteiger partial charge in [0.25, 0.3) is 0 Å². The average molecular weight is 336 g/mol. The molecule has 0 aromatic rings. The van der Waals surface area contributed by atoms with Gasteiger partial charge >= 0.3 is 28.3 Å². The summed E-state index contributed by atoms with van der Waals surface area (Å²) in [4.78, 5) is 9.70. The maximum atomic E-state index is 9.70. The summed E-state index contributed by atoms with van der Waals surface area (Å²) in [5.74, 6) is -0.972. The zero-order valence-electron chi connectivity index (χ0n) is 5.58. The molecule has 0 aromatic carbocycles. The van der Waals surface area contributed by atoms with E-state index in [0.717, 1.165) is 0 Å². The number of rotatable bonds is 1. The quantitative estimate of drug-likeness (QED) is 0.684. The van der Waals surface area contributed by atoms with Gasteiger partial charge < -0.3 is 21.5 Å². The van der Waals surface area contributed by atoms with Gasteiger partial charge in [0, 0.05) is 0 Å². The maximum absolute atomic E-state index is 9.70. The Morgan fingerprint density at radius 2 is 1.30 bits per heavy atom. The first kappa shape index (κ1) is 32.2. The molecular formula is C4H11AuO5. The van der Waals surface area contributed by atoms with Crippen LogP contribution in [0.5, 0.6) is 0 Å². The summed E-state index contributed by atoms with van der Waals surface area (Å²) in [6.07, 6.45) is 0. The maximum Gasteiger partial charge on any atom is 3.00 e. The molecule has 0 radical (unpaired) electrons. The van der Waals surface area contributed by atoms with E-state index in [4.69, 9.17) is 5.11 Å². The normalized spacial score (nSPS) is 5.50. The monoisotopic (exact) mass is 336 g/mol. The number of aliphatic carboxylic acids is 1. The van der Waals surface area contributed by atoms with Crippen molar-refractivity contribution in [3.63, 3.8) is 0 Å². The van der Waals surface area contributed by atoms with Crippen LogP contribution < -0.4 is 0 Å². The smallest absolute Gasteiger partial charge is 0.870 e. The van der Waals surface area contributed by atoms with E-state index in [1.54, 1.807) is 13.8 Å². The Bertz CT molecular complexity index is 64.7. The summed E-state index contributed by atoms with van der Waals surface area (Å²) >= 11 is 0. The Kier molecular flexibility index (Phi) is 51.6. The number of hydrogen-bond acceptors (Lipinski definition) is 4. The second kappa shape index (κ2) is 16.0. The number of carboxylic acids is 1. The van der Waals surface area contributed by atoms with Crippen LogP contribution in [0.25, 0.3) is 0 Å². The molecule has 10 heavy (non-hydrogen) atoms. The number of carbonyl (C=O) groups is 1. The molecule has 0 unspecified atom stereocenters. The fourth-order valence-electron chi connectivity index (χ4n) is 0. The van der Waals surface area contributed by atoms with Crippen LogP contribution in [-0.2, 0) is 27.2 Å². The van der Waals surface area contributed by atoms with E-state index in [1.807, 2.05) is 0 Å². The SMILES string of the molecule is CC(C)C(=O)O.[Au+3].[OH-].[OH-].[OH-]. The van der Waals surface area contributed by atoms with Crippen molar-refractivity contribution in [2.24, 2.45) is 5.92 Å². The minimum absolute atomic E-state index is 0. The van der Waals surface area contributed by atoms with Crippen molar-refractivity contribution in [3.05, 3.63) is 0 Å². The first-order chi connectivity index (χ1) is 2.64. The fraction of sp³-hybridized carbons (Fsp3) is 0.750. The Hall–Kier alpha value is 0.0903. The molecule has 0 saturated heterocycles. The van der Waals surface area contributed by atoms with Crippen LogP contribution in [0.3, 0.4) is 0 Å². The summed E-state index contributed by atoms with van der Waals surface area (Å²) in [5.41, 5.74) is 0. The van der Waals surface area contributed by atoms with E-state index in [1.165, 1.54) is 0 Å². The van der Waals surface area contributed by atoms with E-state index in [-0.39, 0.29) is 44.7 Å². The molecule has 0 aliphatic rings. The molecular weight excluding hydrogens is 325 g/mol. The predicted octanol–water partition coefficient (Wildman–Crippen LogP) is 0.194. The van der Waals surface area contributed by atoms with Gasteiger partial charge in [0.15, 0.2) is 0 Å². The fourth-order valence-corrected chi connectivity index (χ4v) is 0. The first-order valence-corrected chi connectivity index (χ1v) is 1.87. The summed E-state index contributed by atoms with van der Waals surface area (Å²) in [6.45, 7) is 3.28. The molecule has 0 atom stereocenters. The molecule has 0 aliphatic heterocycles. The molecule has 5 nitrogen and oxygen atoms in total. The molecule has 0 heterocycles. The second-order valence-corrected chi connectivity index (χ2v) is 1.49. The first-order valence-electron chi connectivity index (χ1n) is 1.87. The molecule has 0 fully saturated rings. The van der Waals surface area contributed by atoms with Crippen molar-refractivity contribution in [2.45, 2.75) is 13.8 Å². The van der Waals surface area contributed by atoms with Gasteiger partial charge in [-0.05, 0) is 0 Å². The van der Waals surface area contributed by atoms with Crippen molar-refractivity contribution in [1.29, 1.82) is 0 Å². The van der Waals surface area contributed by atoms with Crippen LogP contribution >= 0.6 is 0 Å². The van der Waals surface area contributed by atoms with Crippen molar-refractivity contribution >= 4 is 5.97 Å². The van der Waals surface area contributed by atoms with Gasteiger partial charge in [-0.2, -0.15) is 0 Å². The molecule has 0 aliphatic carbocycles. The van der Waals surface area contributed by atoms with Crippen LogP contribution in [0, 0.1) is 5.92 Å².